The number of fused-ring (bicyclic) bond motifs is 2. The zero-order valence-corrected chi connectivity index (χ0v) is 20.6. The molecule has 0 amide bonds. The lowest BCUT2D eigenvalue weighted by Gasteiger charge is -2.40. The Morgan fingerprint density at radius 1 is 1.18 bits per heavy atom. The van der Waals surface area contributed by atoms with E-state index in [-0.39, 0.29) is 12.1 Å². The second-order valence-electron chi connectivity index (χ2n) is 10.6. The molecule has 6 heteroatoms. The second-order valence-corrected chi connectivity index (χ2v) is 10.6. The number of rotatable bonds is 5. The topological polar surface area (TPSA) is 74.3 Å². The maximum atomic E-state index is 10.9. The molecule has 34 heavy (non-hydrogen) atoms. The van der Waals surface area contributed by atoms with Crippen LogP contribution in [0.5, 0.6) is 0 Å². The average Bonchev–Trinajstić information content (AvgIpc) is 3.38. The van der Waals surface area contributed by atoms with Gasteiger partial charge in [-0.2, -0.15) is 5.26 Å². The molecule has 1 saturated heterocycles. The predicted octanol–water partition coefficient (Wildman–Crippen LogP) is 4.12. The summed E-state index contributed by atoms with van der Waals surface area (Å²) in [5.74, 6) is 1.27. The highest BCUT2D eigenvalue weighted by Gasteiger charge is 2.37. The molecule has 0 saturated carbocycles. The van der Waals surface area contributed by atoms with Gasteiger partial charge in [-0.15, -0.1) is 0 Å². The van der Waals surface area contributed by atoms with Crippen LogP contribution in [0.3, 0.4) is 0 Å². The summed E-state index contributed by atoms with van der Waals surface area (Å²) in [5.41, 5.74) is 5.58. The van der Waals surface area contributed by atoms with E-state index >= 15 is 0 Å². The number of methoxy groups -OCH3 is 1. The van der Waals surface area contributed by atoms with E-state index in [4.69, 9.17) is 9.72 Å². The minimum Gasteiger partial charge on any atom is -0.383 e. The Morgan fingerprint density at radius 2 is 1.97 bits per heavy atom. The third kappa shape index (κ3) is 4.24. The van der Waals surface area contributed by atoms with Crippen LogP contribution in [0.4, 0.5) is 0 Å². The van der Waals surface area contributed by atoms with E-state index in [1.165, 1.54) is 11.1 Å². The minimum atomic E-state index is -1.04. The van der Waals surface area contributed by atoms with Crippen molar-refractivity contribution in [3.8, 4) is 6.07 Å². The molecule has 3 aromatic rings. The van der Waals surface area contributed by atoms with Crippen LogP contribution in [-0.2, 0) is 23.2 Å². The van der Waals surface area contributed by atoms with Crippen LogP contribution < -0.4 is 0 Å². The number of nitrogens with zero attached hydrogens (tertiary/aromatic N) is 4. The quantitative estimate of drug-likeness (QED) is 0.623. The first-order chi connectivity index (χ1) is 16.3. The van der Waals surface area contributed by atoms with Crippen molar-refractivity contribution in [2.75, 3.05) is 26.7 Å². The summed E-state index contributed by atoms with van der Waals surface area (Å²) in [6.07, 6.45) is 3.07. The number of hydrogen-bond acceptors (Lipinski definition) is 5. The van der Waals surface area contributed by atoms with E-state index < -0.39 is 5.60 Å². The summed E-state index contributed by atoms with van der Waals surface area (Å²) < 4.78 is 8.28. The smallest absolute Gasteiger partial charge is 0.141 e. The lowest BCUT2D eigenvalue weighted by atomic mass is 9.97. The largest absolute Gasteiger partial charge is 0.383 e. The van der Waals surface area contributed by atoms with Crippen LogP contribution in [0, 0.1) is 24.2 Å². The number of imidazole rings is 1. The third-order valence-electron chi connectivity index (χ3n) is 7.50. The zero-order chi connectivity index (χ0) is 24.0. The van der Waals surface area contributed by atoms with Gasteiger partial charge in [0.2, 0.25) is 0 Å². The summed E-state index contributed by atoms with van der Waals surface area (Å²) in [4.78, 5) is 7.38. The van der Waals surface area contributed by atoms with E-state index in [1.807, 2.05) is 19.9 Å². The number of benzene rings is 2. The van der Waals surface area contributed by atoms with Gasteiger partial charge in [-0.25, -0.2) is 4.98 Å². The van der Waals surface area contributed by atoms with Crippen LogP contribution >= 0.6 is 0 Å². The number of likely N-dealkylation sites (tertiary alicyclic amines) is 1. The first-order valence-corrected chi connectivity index (χ1v) is 12.3. The molecular weight excluding hydrogens is 424 g/mol. The molecule has 1 N–H and O–H groups in total. The van der Waals surface area contributed by atoms with Crippen molar-refractivity contribution < 1.29 is 9.84 Å². The van der Waals surface area contributed by atoms with Crippen molar-refractivity contribution in [1.29, 1.82) is 5.26 Å². The molecule has 178 valence electrons. The molecule has 1 aliphatic carbocycles. The molecule has 0 bridgehead atoms. The van der Waals surface area contributed by atoms with Gasteiger partial charge in [0.25, 0.3) is 0 Å². The fourth-order valence-corrected chi connectivity index (χ4v) is 5.91. The minimum absolute atomic E-state index is 0.0162. The Hall–Kier alpha value is -2.72. The molecule has 1 fully saturated rings. The number of ether oxygens (including phenoxy) is 1. The number of nitriles is 1. The SMILES string of the molecule is CO[C@H]1CN(C[C@H]2Cc3ccc(C#N)cc3C2)CC[C@@H]1n1c(C(C)(C)O)nc2cc(C)ccc21. The monoisotopic (exact) mass is 458 g/mol. The van der Waals surface area contributed by atoms with Gasteiger partial charge in [-0.3, -0.25) is 0 Å². The summed E-state index contributed by atoms with van der Waals surface area (Å²) in [5, 5.41) is 20.2. The standard InChI is InChI=1S/C28H34N4O2/c1-18-5-8-24-23(11-18)30-27(28(2,3)33)32(24)25-9-10-31(17-26(25)34-4)16-20-13-21-7-6-19(15-29)12-22(21)14-20/h5-8,11-12,20,25-26,33H,9-10,13-14,16-17H2,1-4H3/t20-,25-,26-/m0/s1. The van der Waals surface area contributed by atoms with Gasteiger partial charge < -0.3 is 19.3 Å². The Bertz CT molecular complexity index is 1250. The van der Waals surface area contributed by atoms with Gasteiger partial charge >= 0.3 is 0 Å². The number of hydrogen-bond donors (Lipinski definition) is 1. The fourth-order valence-electron chi connectivity index (χ4n) is 5.91. The van der Waals surface area contributed by atoms with E-state index in [2.05, 4.69) is 52.8 Å². The molecule has 0 unspecified atom stereocenters. The zero-order valence-electron chi connectivity index (χ0n) is 20.6. The van der Waals surface area contributed by atoms with Crippen LogP contribution in [0.15, 0.2) is 36.4 Å². The van der Waals surface area contributed by atoms with Gasteiger partial charge in [0.05, 0.1) is 34.8 Å². The predicted molar refractivity (Wildman–Crippen MR) is 133 cm³/mol. The van der Waals surface area contributed by atoms with Gasteiger partial charge in [-0.05, 0) is 86.9 Å². The van der Waals surface area contributed by atoms with Crippen molar-refractivity contribution in [3.05, 3.63) is 64.5 Å². The lowest BCUT2D eigenvalue weighted by Crippen LogP contribution is -2.47. The lowest BCUT2D eigenvalue weighted by molar-refractivity contribution is -0.0151. The van der Waals surface area contributed by atoms with E-state index in [9.17, 15) is 10.4 Å². The molecule has 0 spiro atoms. The molecule has 2 aliphatic rings. The van der Waals surface area contributed by atoms with Crippen molar-refractivity contribution in [2.45, 2.75) is 57.8 Å². The fraction of sp³-hybridized carbons (Fsp3) is 0.500. The van der Waals surface area contributed by atoms with Crippen LogP contribution in [0.25, 0.3) is 11.0 Å². The number of piperidine rings is 1. The van der Waals surface area contributed by atoms with Crippen molar-refractivity contribution in [2.24, 2.45) is 5.92 Å². The Morgan fingerprint density at radius 3 is 2.71 bits per heavy atom. The van der Waals surface area contributed by atoms with Crippen molar-refractivity contribution >= 4 is 11.0 Å². The van der Waals surface area contributed by atoms with E-state index in [0.717, 1.165) is 61.1 Å². The second kappa shape index (κ2) is 8.81. The molecule has 5 rings (SSSR count). The van der Waals surface area contributed by atoms with Crippen molar-refractivity contribution in [3.63, 3.8) is 0 Å². The molecule has 3 atom stereocenters. The molecule has 0 radical (unpaired) electrons. The average molecular weight is 459 g/mol. The Labute approximate surface area is 201 Å². The summed E-state index contributed by atoms with van der Waals surface area (Å²) >= 11 is 0. The molecule has 2 aromatic carbocycles. The highest BCUT2D eigenvalue weighted by atomic mass is 16.5. The molecule has 6 nitrogen and oxygen atoms in total. The van der Waals surface area contributed by atoms with Crippen LogP contribution in [-0.4, -0.2) is 52.4 Å². The Kier molecular flexibility index (Phi) is 5.97. The maximum Gasteiger partial charge on any atom is 0.141 e. The summed E-state index contributed by atoms with van der Waals surface area (Å²) in [6.45, 7) is 8.56. The van der Waals surface area contributed by atoms with Crippen molar-refractivity contribution in [1.82, 2.24) is 14.5 Å². The first-order valence-electron chi connectivity index (χ1n) is 12.3. The Balaban J connectivity index is 1.35. The van der Waals surface area contributed by atoms with E-state index in [1.54, 1.807) is 7.11 Å². The molecule has 1 aliphatic heterocycles. The number of aryl methyl sites for hydroxylation is 1. The van der Waals surface area contributed by atoms with Gasteiger partial charge in [0.15, 0.2) is 0 Å². The molecular formula is C28H34N4O2. The van der Waals surface area contributed by atoms with E-state index in [0.29, 0.717) is 11.7 Å². The van der Waals surface area contributed by atoms with Crippen LogP contribution in [0.2, 0.25) is 0 Å². The highest BCUT2D eigenvalue weighted by Crippen LogP contribution is 2.36. The molecule has 2 heterocycles. The normalized spacial score (nSPS) is 23.2. The van der Waals surface area contributed by atoms with Gasteiger partial charge in [0, 0.05) is 26.7 Å². The van der Waals surface area contributed by atoms with Crippen LogP contribution in [0.1, 0.15) is 54.4 Å². The maximum absolute atomic E-state index is 10.9. The third-order valence-corrected chi connectivity index (χ3v) is 7.50. The van der Waals surface area contributed by atoms with Gasteiger partial charge in [0.1, 0.15) is 11.4 Å². The molecule has 1 aromatic heterocycles. The number of aliphatic hydroxyl groups is 1. The first kappa shape index (κ1) is 23.0. The summed E-state index contributed by atoms with van der Waals surface area (Å²) in [6, 6.07) is 14.8. The van der Waals surface area contributed by atoms with Gasteiger partial charge in [-0.1, -0.05) is 12.1 Å². The highest BCUT2D eigenvalue weighted by molar-refractivity contribution is 5.77. The summed E-state index contributed by atoms with van der Waals surface area (Å²) in [7, 11) is 1.79. The number of aromatic nitrogens is 2.